The molecule has 1 fully saturated rings. The summed E-state index contributed by atoms with van der Waals surface area (Å²) < 4.78 is 0. The van der Waals surface area contributed by atoms with E-state index in [4.69, 9.17) is 0 Å². The Balaban J connectivity index is 1.50. The highest BCUT2D eigenvalue weighted by molar-refractivity contribution is 7.16. The van der Waals surface area contributed by atoms with Gasteiger partial charge in [-0.15, -0.1) is 11.3 Å². The number of anilines is 1. The van der Waals surface area contributed by atoms with Crippen molar-refractivity contribution in [2.75, 3.05) is 25.5 Å². The molecule has 2 aliphatic rings. The average molecular weight is 375 g/mol. The molecule has 2 N–H and O–H groups in total. The molecule has 1 aromatic heterocycles. The summed E-state index contributed by atoms with van der Waals surface area (Å²) in [4.78, 5) is 27.2. The second-order valence-corrected chi connectivity index (χ2v) is 8.36. The summed E-state index contributed by atoms with van der Waals surface area (Å²) in [6.07, 6.45) is 7.86. The SMILES string of the molecule is CN(CCC(=O)Nc1sc2c(c1C#N)CCCCC2)CC(=O)NC1CC1. The molecule has 6 nitrogen and oxygen atoms in total. The molecule has 1 saturated carbocycles. The summed E-state index contributed by atoms with van der Waals surface area (Å²) in [6, 6.07) is 2.64. The number of likely N-dealkylation sites (N-methyl/N-ethyl adjacent to an activating group) is 1. The Morgan fingerprint density at radius 3 is 2.73 bits per heavy atom. The van der Waals surface area contributed by atoms with Crippen LogP contribution in [-0.4, -0.2) is 42.9 Å². The van der Waals surface area contributed by atoms with Crippen LogP contribution in [0.1, 0.15) is 54.5 Å². The van der Waals surface area contributed by atoms with E-state index in [1.165, 1.54) is 11.3 Å². The molecule has 0 aliphatic heterocycles. The third-order valence-corrected chi connectivity index (χ3v) is 6.07. The molecule has 1 aromatic rings. The topological polar surface area (TPSA) is 85.2 Å². The Morgan fingerprint density at radius 1 is 1.23 bits per heavy atom. The van der Waals surface area contributed by atoms with Crippen LogP contribution < -0.4 is 10.6 Å². The summed E-state index contributed by atoms with van der Waals surface area (Å²) in [5.74, 6) is -0.0865. The largest absolute Gasteiger partial charge is 0.352 e. The standard InChI is InChI=1S/C19H26N4O2S/c1-23(12-18(25)21-13-7-8-13)10-9-17(24)22-19-15(11-20)14-5-3-2-4-6-16(14)26-19/h13H,2-10,12H2,1H3,(H,21,25)(H,22,24). The molecule has 2 aliphatic carbocycles. The number of nitriles is 1. The van der Waals surface area contributed by atoms with Gasteiger partial charge in [0.05, 0.1) is 12.1 Å². The number of fused-ring (bicyclic) bond motifs is 1. The minimum absolute atomic E-state index is 0.0178. The maximum Gasteiger partial charge on any atom is 0.234 e. The van der Waals surface area contributed by atoms with Gasteiger partial charge < -0.3 is 10.6 Å². The Hall–Kier alpha value is -1.91. The lowest BCUT2D eigenvalue weighted by Crippen LogP contribution is -2.37. The van der Waals surface area contributed by atoms with Gasteiger partial charge in [0.25, 0.3) is 0 Å². The Labute approximate surface area is 158 Å². The van der Waals surface area contributed by atoms with Crippen molar-refractivity contribution in [3.05, 3.63) is 16.0 Å². The fraction of sp³-hybridized carbons (Fsp3) is 0.632. The van der Waals surface area contributed by atoms with Crippen LogP contribution >= 0.6 is 11.3 Å². The Bertz CT molecular complexity index is 718. The smallest absolute Gasteiger partial charge is 0.234 e. The van der Waals surface area contributed by atoms with Crippen molar-refractivity contribution in [2.24, 2.45) is 0 Å². The predicted molar refractivity (Wildman–Crippen MR) is 102 cm³/mol. The second-order valence-electron chi connectivity index (χ2n) is 7.26. The normalized spacial score (nSPS) is 16.5. The van der Waals surface area contributed by atoms with Gasteiger partial charge in [0.1, 0.15) is 11.1 Å². The van der Waals surface area contributed by atoms with Crippen molar-refractivity contribution in [1.29, 1.82) is 5.26 Å². The molecule has 0 bridgehead atoms. The Morgan fingerprint density at radius 2 is 2.00 bits per heavy atom. The van der Waals surface area contributed by atoms with E-state index in [1.807, 2.05) is 11.9 Å². The lowest BCUT2D eigenvalue weighted by atomic mass is 10.1. The monoisotopic (exact) mass is 374 g/mol. The van der Waals surface area contributed by atoms with E-state index in [0.29, 0.717) is 36.1 Å². The third kappa shape index (κ3) is 5.05. The number of nitrogens with zero attached hydrogens (tertiary/aromatic N) is 2. The number of rotatable bonds is 7. The highest BCUT2D eigenvalue weighted by Crippen LogP contribution is 2.37. The van der Waals surface area contributed by atoms with Crippen LogP contribution in [0.25, 0.3) is 0 Å². The van der Waals surface area contributed by atoms with Crippen LogP contribution in [0.2, 0.25) is 0 Å². The fourth-order valence-electron chi connectivity index (χ4n) is 3.26. The van der Waals surface area contributed by atoms with Crippen LogP contribution in [0.5, 0.6) is 0 Å². The van der Waals surface area contributed by atoms with E-state index in [2.05, 4.69) is 16.7 Å². The number of thiophene rings is 1. The van der Waals surface area contributed by atoms with Gasteiger partial charge in [0.2, 0.25) is 11.8 Å². The molecule has 0 aromatic carbocycles. The van der Waals surface area contributed by atoms with Crippen LogP contribution in [0, 0.1) is 11.3 Å². The average Bonchev–Trinajstić information content (AvgIpc) is 3.38. The highest BCUT2D eigenvalue weighted by Gasteiger charge is 2.24. The summed E-state index contributed by atoms with van der Waals surface area (Å²) in [7, 11) is 1.84. The van der Waals surface area contributed by atoms with Gasteiger partial charge in [-0.1, -0.05) is 6.42 Å². The van der Waals surface area contributed by atoms with Crippen LogP contribution in [0.4, 0.5) is 5.00 Å². The van der Waals surface area contributed by atoms with Gasteiger partial charge in [0.15, 0.2) is 0 Å². The van der Waals surface area contributed by atoms with Gasteiger partial charge in [0, 0.05) is 23.9 Å². The minimum Gasteiger partial charge on any atom is -0.352 e. The molecule has 3 rings (SSSR count). The molecule has 0 unspecified atom stereocenters. The lowest BCUT2D eigenvalue weighted by Gasteiger charge is -2.15. The maximum atomic E-state index is 12.3. The number of hydrogen-bond acceptors (Lipinski definition) is 5. The quantitative estimate of drug-likeness (QED) is 0.718. The van der Waals surface area contributed by atoms with Crippen molar-refractivity contribution in [3.8, 4) is 6.07 Å². The first-order chi connectivity index (χ1) is 12.6. The zero-order valence-corrected chi connectivity index (χ0v) is 16.1. The lowest BCUT2D eigenvalue weighted by molar-refractivity contribution is -0.123. The van der Waals surface area contributed by atoms with Gasteiger partial charge >= 0.3 is 0 Å². The third-order valence-electron chi connectivity index (χ3n) is 4.86. The molecule has 7 heteroatoms. The molecule has 0 atom stereocenters. The molecule has 2 amide bonds. The van der Waals surface area contributed by atoms with Crippen molar-refractivity contribution in [3.63, 3.8) is 0 Å². The van der Waals surface area contributed by atoms with E-state index in [9.17, 15) is 14.9 Å². The number of aryl methyl sites for hydroxylation is 1. The van der Waals surface area contributed by atoms with E-state index in [1.54, 1.807) is 11.3 Å². The first kappa shape index (κ1) is 18.9. The highest BCUT2D eigenvalue weighted by atomic mass is 32.1. The summed E-state index contributed by atoms with van der Waals surface area (Å²) in [5, 5.41) is 16.1. The van der Waals surface area contributed by atoms with Gasteiger partial charge in [-0.2, -0.15) is 5.26 Å². The number of nitrogens with one attached hydrogen (secondary N) is 2. The second kappa shape index (κ2) is 8.65. The molecule has 0 spiro atoms. The molecule has 0 saturated heterocycles. The molecule has 140 valence electrons. The van der Waals surface area contributed by atoms with E-state index in [0.717, 1.165) is 44.1 Å². The number of carbonyl (C=O) groups is 2. The number of amides is 2. The summed E-state index contributed by atoms with van der Waals surface area (Å²) in [6.45, 7) is 0.817. The van der Waals surface area contributed by atoms with Crippen molar-refractivity contribution >= 4 is 28.2 Å². The van der Waals surface area contributed by atoms with Crippen molar-refractivity contribution < 1.29 is 9.59 Å². The van der Waals surface area contributed by atoms with Crippen LogP contribution in [0.3, 0.4) is 0 Å². The van der Waals surface area contributed by atoms with Gasteiger partial charge in [-0.25, -0.2) is 0 Å². The molecule has 1 heterocycles. The summed E-state index contributed by atoms with van der Waals surface area (Å²) in [5.41, 5.74) is 1.79. The van der Waals surface area contributed by atoms with E-state index < -0.39 is 0 Å². The van der Waals surface area contributed by atoms with Gasteiger partial charge in [-0.3, -0.25) is 14.5 Å². The van der Waals surface area contributed by atoms with E-state index >= 15 is 0 Å². The molecular formula is C19H26N4O2S. The summed E-state index contributed by atoms with van der Waals surface area (Å²) >= 11 is 1.55. The first-order valence-electron chi connectivity index (χ1n) is 9.39. The molecule has 26 heavy (non-hydrogen) atoms. The minimum atomic E-state index is -0.104. The van der Waals surface area contributed by atoms with Crippen molar-refractivity contribution in [2.45, 2.75) is 57.4 Å². The van der Waals surface area contributed by atoms with Crippen molar-refractivity contribution in [1.82, 2.24) is 10.2 Å². The fourth-order valence-corrected chi connectivity index (χ4v) is 4.51. The predicted octanol–water partition coefficient (Wildman–Crippen LogP) is 2.43. The maximum absolute atomic E-state index is 12.3. The van der Waals surface area contributed by atoms with Crippen LogP contribution in [-0.2, 0) is 22.4 Å². The zero-order chi connectivity index (χ0) is 18.5. The Kier molecular flexibility index (Phi) is 6.28. The van der Waals surface area contributed by atoms with E-state index in [-0.39, 0.29) is 11.8 Å². The van der Waals surface area contributed by atoms with Gasteiger partial charge in [-0.05, 0) is 51.1 Å². The number of hydrogen-bond donors (Lipinski definition) is 2. The zero-order valence-electron chi connectivity index (χ0n) is 15.3. The molecular weight excluding hydrogens is 348 g/mol. The van der Waals surface area contributed by atoms with Crippen LogP contribution in [0.15, 0.2) is 0 Å². The molecule has 0 radical (unpaired) electrons. The number of carbonyl (C=O) groups excluding carboxylic acids is 2. The first-order valence-corrected chi connectivity index (χ1v) is 10.2.